The van der Waals surface area contributed by atoms with E-state index in [0.717, 1.165) is 44.5 Å². The van der Waals surface area contributed by atoms with Crippen molar-refractivity contribution in [2.75, 3.05) is 50.7 Å². The highest BCUT2D eigenvalue weighted by atomic mass is 127. The number of pyridine rings is 1. The van der Waals surface area contributed by atoms with Crippen LogP contribution in [0.15, 0.2) is 29.4 Å². The Kier molecular flexibility index (Phi) is 10.3. The van der Waals surface area contributed by atoms with E-state index < -0.39 is 11.7 Å². The molecule has 9 heteroatoms. The van der Waals surface area contributed by atoms with Crippen LogP contribution in [0, 0.1) is 0 Å². The van der Waals surface area contributed by atoms with Crippen molar-refractivity contribution in [3.05, 3.63) is 24.4 Å². The Morgan fingerprint density at radius 3 is 2.50 bits per heavy atom. The molecule has 0 radical (unpaired) electrons. The Morgan fingerprint density at radius 1 is 1.21 bits per heavy atom. The standard InChI is InChI=1S/C19H32N6O2.HI/c1-5-20-17(22-10-11-23-18(26)27-19(2,3)4)25-14-12-24(13-15-25)16-8-6-7-9-21-16;/h6-9H,5,10-15H2,1-4H3,(H,20,22)(H,23,26);1H. The maximum absolute atomic E-state index is 11.7. The highest BCUT2D eigenvalue weighted by Crippen LogP contribution is 2.12. The summed E-state index contributed by atoms with van der Waals surface area (Å²) in [5.74, 6) is 1.89. The number of carbonyl (C=O) groups is 1. The zero-order valence-electron chi connectivity index (χ0n) is 17.3. The van der Waals surface area contributed by atoms with Gasteiger partial charge in [-0.2, -0.15) is 0 Å². The lowest BCUT2D eigenvalue weighted by atomic mass is 10.2. The predicted molar refractivity (Wildman–Crippen MR) is 124 cm³/mol. The molecule has 8 nitrogen and oxygen atoms in total. The molecule has 2 N–H and O–H groups in total. The molecule has 1 aromatic heterocycles. The number of halogens is 1. The smallest absolute Gasteiger partial charge is 0.407 e. The van der Waals surface area contributed by atoms with Crippen LogP contribution in [0.25, 0.3) is 0 Å². The van der Waals surface area contributed by atoms with Gasteiger partial charge in [0, 0.05) is 45.5 Å². The maximum atomic E-state index is 11.7. The Bertz CT molecular complexity index is 613. The van der Waals surface area contributed by atoms with Gasteiger partial charge in [0.05, 0.1) is 6.54 Å². The molecule has 0 aromatic carbocycles. The highest BCUT2D eigenvalue weighted by molar-refractivity contribution is 14.0. The molecule has 2 rings (SSSR count). The minimum absolute atomic E-state index is 0. The molecule has 1 fully saturated rings. The van der Waals surface area contributed by atoms with Gasteiger partial charge in [-0.1, -0.05) is 6.07 Å². The molecular weight excluding hydrogens is 471 g/mol. The second-order valence-electron chi connectivity index (χ2n) is 7.33. The highest BCUT2D eigenvalue weighted by Gasteiger charge is 2.20. The van der Waals surface area contributed by atoms with Crippen LogP contribution in [0.5, 0.6) is 0 Å². The molecule has 1 amide bonds. The van der Waals surface area contributed by atoms with Crippen LogP contribution < -0.4 is 15.5 Å². The largest absolute Gasteiger partial charge is 0.444 e. The summed E-state index contributed by atoms with van der Waals surface area (Å²) in [5, 5.41) is 6.07. The molecule has 1 aliphatic heterocycles. The van der Waals surface area contributed by atoms with E-state index in [1.807, 2.05) is 45.2 Å². The van der Waals surface area contributed by atoms with Crippen LogP contribution >= 0.6 is 24.0 Å². The van der Waals surface area contributed by atoms with Crippen molar-refractivity contribution < 1.29 is 9.53 Å². The number of piperazine rings is 1. The van der Waals surface area contributed by atoms with E-state index in [1.54, 1.807) is 0 Å². The number of hydrogen-bond acceptors (Lipinski definition) is 5. The lowest BCUT2D eigenvalue weighted by molar-refractivity contribution is 0.0529. The average molecular weight is 504 g/mol. The van der Waals surface area contributed by atoms with E-state index in [-0.39, 0.29) is 24.0 Å². The number of alkyl carbamates (subject to hydrolysis) is 1. The SMILES string of the molecule is CCNC(=NCCNC(=O)OC(C)(C)C)N1CCN(c2ccccn2)CC1.I. The van der Waals surface area contributed by atoms with Crippen molar-refractivity contribution in [1.82, 2.24) is 20.5 Å². The van der Waals surface area contributed by atoms with E-state index in [4.69, 9.17) is 4.74 Å². The van der Waals surface area contributed by atoms with Crippen LogP contribution in [0.3, 0.4) is 0 Å². The molecular formula is C19H33IN6O2. The van der Waals surface area contributed by atoms with Gasteiger partial charge in [0.1, 0.15) is 11.4 Å². The molecule has 0 bridgehead atoms. The number of nitrogens with one attached hydrogen (secondary N) is 2. The number of anilines is 1. The molecule has 0 spiro atoms. The van der Waals surface area contributed by atoms with Crippen LogP contribution in [0.4, 0.5) is 10.6 Å². The summed E-state index contributed by atoms with van der Waals surface area (Å²) in [5.41, 5.74) is -0.491. The summed E-state index contributed by atoms with van der Waals surface area (Å²) in [6, 6.07) is 5.98. The van der Waals surface area contributed by atoms with Crippen molar-refractivity contribution in [1.29, 1.82) is 0 Å². The molecule has 1 saturated heterocycles. The molecule has 1 aliphatic rings. The molecule has 2 heterocycles. The normalized spacial score (nSPS) is 14.9. The number of hydrogen-bond donors (Lipinski definition) is 2. The number of ether oxygens (including phenoxy) is 1. The number of carbonyl (C=O) groups excluding carboxylic acids is 1. The second kappa shape index (κ2) is 11.9. The van der Waals surface area contributed by atoms with Crippen molar-refractivity contribution >= 4 is 41.8 Å². The lowest BCUT2D eigenvalue weighted by Gasteiger charge is -2.37. The first-order valence-corrected chi connectivity index (χ1v) is 9.55. The van der Waals surface area contributed by atoms with Crippen LogP contribution in [0.2, 0.25) is 0 Å². The predicted octanol–water partition coefficient (Wildman–Crippen LogP) is 2.31. The number of guanidine groups is 1. The van der Waals surface area contributed by atoms with Crippen molar-refractivity contribution in [2.45, 2.75) is 33.3 Å². The number of aliphatic imine (C=N–C) groups is 1. The molecule has 0 saturated carbocycles. The van der Waals surface area contributed by atoms with Gasteiger partial charge in [0.15, 0.2) is 5.96 Å². The van der Waals surface area contributed by atoms with Crippen molar-refractivity contribution in [2.24, 2.45) is 4.99 Å². The summed E-state index contributed by atoms with van der Waals surface area (Å²) < 4.78 is 5.23. The molecule has 0 unspecified atom stereocenters. The average Bonchev–Trinajstić information content (AvgIpc) is 2.64. The maximum Gasteiger partial charge on any atom is 0.407 e. The Hall–Kier alpha value is -1.78. The number of nitrogens with zero attached hydrogens (tertiary/aromatic N) is 4. The van der Waals surface area contributed by atoms with Gasteiger partial charge in [-0.05, 0) is 39.8 Å². The molecule has 28 heavy (non-hydrogen) atoms. The van der Waals surface area contributed by atoms with Gasteiger partial charge in [-0.15, -0.1) is 24.0 Å². The Morgan fingerprint density at radius 2 is 1.93 bits per heavy atom. The van der Waals surface area contributed by atoms with Crippen LogP contribution in [-0.2, 0) is 4.74 Å². The molecule has 1 aromatic rings. The summed E-state index contributed by atoms with van der Waals surface area (Å²) >= 11 is 0. The third kappa shape index (κ3) is 8.49. The van der Waals surface area contributed by atoms with Crippen molar-refractivity contribution in [3.63, 3.8) is 0 Å². The van der Waals surface area contributed by atoms with Gasteiger partial charge in [-0.25, -0.2) is 9.78 Å². The third-order valence-corrected chi connectivity index (χ3v) is 3.93. The molecule has 0 atom stereocenters. The van der Waals surface area contributed by atoms with Gasteiger partial charge in [0.25, 0.3) is 0 Å². The molecule has 0 aliphatic carbocycles. The first-order chi connectivity index (χ1) is 12.9. The summed E-state index contributed by atoms with van der Waals surface area (Å²) in [6.45, 7) is 12.9. The zero-order valence-corrected chi connectivity index (χ0v) is 19.6. The van der Waals surface area contributed by atoms with E-state index in [1.165, 1.54) is 0 Å². The van der Waals surface area contributed by atoms with Gasteiger partial charge in [0.2, 0.25) is 0 Å². The fourth-order valence-corrected chi connectivity index (χ4v) is 2.75. The molecule has 158 valence electrons. The monoisotopic (exact) mass is 504 g/mol. The number of aromatic nitrogens is 1. The fraction of sp³-hybridized carbons (Fsp3) is 0.632. The van der Waals surface area contributed by atoms with E-state index in [9.17, 15) is 4.79 Å². The minimum atomic E-state index is -0.491. The van der Waals surface area contributed by atoms with Gasteiger partial charge in [-0.3, -0.25) is 4.99 Å². The minimum Gasteiger partial charge on any atom is -0.444 e. The first-order valence-electron chi connectivity index (χ1n) is 9.55. The zero-order chi connectivity index (χ0) is 19.7. The Labute approximate surface area is 185 Å². The summed E-state index contributed by atoms with van der Waals surface area (Å²) in [4.78, 5) is 25.3. The van der Waals surface area contributed by atoms with E-state index >= 15 is 0 Å². The van der Waals surface area contributed by atoms with Gasteiger partial charge < -0.3 is 25.2 Å². The topological polar surface area (TPSA) is 82.1 Å². The fourth-order valence-electron chi connectivity index (χ4n) is 2.75. The Balaban J connectivity index is 0.00000392. The number of rotatable bonds is 5. The van der Waals surface area contributed by atoms with E-state index in [0.29, 0.717) is 13.1 Å². The van der Waals surface area contributed by atoms with Gasteiger partial charge >= 0.3 is 6.09 Å². The van der Waals surface area contributed by atoms with Crippen LogP contribution in [-0.4, -0.2) is 73.4 Å². The summed E-state index contributed by atoms with van der Waals surface area (Å²) in [6.07, 6.45) is 1.41. The second-order valence-corrected chi connectivity index (χ2v) is 7.33. The van der Waals surface area contributed by atoms with Crippen molar-refractivity contribution in [3.8, 4) is 0 Å². The number of amides is 1. The first kappa shape index (κ1) is 24.3. The summed E-state index contributed by atoms with van der Waals surface area (Å²) in [7, 11) is 0. The van der Waals surface area contributed by atoms with Crippen LogP contribution in [0.1, 0.15) is 27.7 Å². The third-order valence-electron chi connectivity index (χ3n) is 3.93. The van der Waals surface area contributed by atoms with E-state index in [2.05, 4.69) is 37.3 Å². The quantitative estimate of drug-likeness (QED) is 0.277. The lowest BCUT2D eigenvalue weighted by Crippen LogP contribution is -2.52.